The van der Waals surface area contributed by atoms with E-state index in [1.807, 2.05) is 0 Å². The molecule has 0 bridgehead atoms. The van der Waals surface area contributed by atoms with Gasteiger partial charge >= 0.3 is 5.97 Å². The van der Waals surface area contributed by atoms with Gasteiger partial charge in [0.15, 0.2) is 0 Å². The molecule has 1 unspecified atom stereocenters. The van der Waals surface area contributed by atoms with Gasteiger partial charge in [-0.25, -0.2) is 0 Å². The van der Waals surface area contributed by atoms with Crippen LogP contribution in [0.15, 0.2) is 0 Å². The Morgan fingerprint density at radius 2 is 1.61 bits per heavy atom. The molecule has 4 aliphatic rings. The fourth-order valence-corrected chi connectivity index (χ4v) is 7.64. The van der Waals surface area contributed by atoms with E-state index in [1.165, 1.54) is 25.7 Å². The number of hydrogen-bond acceptors (Lipinski definition) is 2. The third kappa shape index (κ3) is 2.14. The normalized spacial score (nSPS) is 55.6. The van der Waals surface area contributed by atoms with Crippen molar-refractivity contribution in [3.05, 3.63) is 0 Å². The summed E-state index contributed by atoms with van der Waals surface area (Å²) in [6, 6.07) is 0. The molecule has 4 rings (SSSR count). The van der Waals surface area contributed by atoms with E-state index in [0.29, 0.717) is 17.3 Å². The van der Waals surface area contributed by atoms with E-state index in [9.17, 15) is 15.0 Å². The van der Waals surface area contributed by atoms with Gasteiger partial charge in [-0.1, -0.05) is 13.8 Å². The smallest absolute Gasteiger partial charge is 0.307 e. The van der Waals surface area contributed by atoms with Crippen LogP contribution in [-0.4, -0.2) is 22.3 Å². The van der Waals surface area contributed by atoms with Gasteiger partial charge in [0.05, 0.1) is 12.0 Å². The van der Waals surface area contributed by atoms with Crippen molar-refractivity contribution < 1.29 is 15.0 Å². The lowest BCUT2D eigenvalue weighted by molar-refractivity contribution is -0.154. The van der Waals surface area contributed by atoms with E-state index in [0.717, 1.165) is 43.9 Å². The molecule has 3 heteroatoms. The lowest BCUT2D eigenvalue weighted by Gasteiger charge is -2.60. The predicted octanol–water partition coefficient (Wildman–Crippen LogP) is 4.09. The number of carboxylic acids is 1. The monoisotopic (exact) mass is 320 g/mol. The van der Waals surface area contributed by atoms with Crippen LogP contribution in [0.4, 0.5) is 0 Å². The number of hydrogen-bond donors (Lipinski definition) is 2. The van der Waals surface area contributed by atoms with E-state index in [1.54, 1.807) is 0 Å². The molecule has 0 spiro atoms. The SMILES string of the molecule is C[C@]12CCC(O)C[C@H]1CC[C@@H]1[C@@H]2CC[C@]2(C)[C@@H](C(=O)O)CC[C@@H]12. The Labute approximate surface area is 139 Å². The molecule has 4 aliphatic carbocycles. The topological polar surface area (TPSA) is 57.5 Å². The number of aliphatic hydroxyl groups is 1. The quantitative estimate of drug-likeness (QED) is 0.765. The predicted molar refractivity (Wildman–Crippen MR) is 88.9 cm³/mol. The standard InChI is InChI=1S/C20H32O3/c1-19-9-7-13(21)11-12(19)3-4-14-15-5-6-17(18(22)23)20(15,2)10-8-16(14)19/h12-17,21H,3-11H2,1-2H3,(H,22,23)/t12-,13?,14+,15+,16+,17-,19+,20+/m1/s1. The molecule has 4 fully saturated rings. The van der Waals surface area contributed by atoms with Gasteiger partial charge in [-0.05, 0) is 92.3 Å². The average molecular weight is 320 g/mol. The van der Waals surface area contributed by atoms with Crippen molar-refractivity contribution in [3.63, 3.8) is 0 Å². The molecule has 2 N–H and O–H groups in total. The van der Waals surface area contributed by atoms with Crippen molar-refractivity contribution in [2.24, 2.45) is 40.4 Å². The van der Waals surface area contributed by atoms with Crippen LogP contribution in [0.3, 0.4) is 0 Å². The molecule has 23 heavy (non-hydrogen) atoms. The molecule has 3 nitrogen and oxygen atoms in total. The summed E-state index contributed by atoms with van der Waals surface area (Å²) in [6.07, 6.45) is 9.90. The molecule has 0 aliphatic heterocycles. The average Bonchev–Trinajstić information content (AvgIpc) is 2.85. The largest absolute Gasteiger partial charge is 0.481 e. The summed E-state index contributed by atoms with van der Waals surface area (Å²) in [4.78, 5) is 11.7. The third-order valence-corrected chi connectivity index (χ3v) is 8.94. The number of carboxylic acid groups (broad SMARTS) is 1. The Balaban J connectivity index is 1.61. The fourth-order valence-electron chi connectivity index (χ4n) is 7.64. The molecule has 0 radical (unpaired) electrons. The number of carbonyl (C=O) groups is 1. The molecule has 0 amide bonds. The maximum Gasteiger partial charge on any atom is 0.307 e. The molecule has 0 aromatic rings. The number of fused-ring (bicyclic) bond motifs is 5. The zero-order valence-electron chi connectivity index (χ0n) is 14.6. The van der Waals surface area contributed by atoms with Crippen LogP contribution in [0.5, 0.6) is 0 Å². The summed E-state index contributed by atoms with van der Waals surface area (Å²) in [5.41, 5.74) is 0.426. The van der Waals surface area contributed by atoms with Crippen LogP contribution in [0, 0.1) is 40.4 Å². The van der Waals surface area contributed by atoms with Crippen molar-refractivity contribution in [3.8, 4) is 0 Å². The Morgan fingerprint density at radius 1 is 0.913 bits per heavy atom. The van der Waals surface area contributed by atoms with Gasteiger partial charge in [-0.3, -0.25) is 4.79 Å². The van der Waals surface area contributed by atoms with Crippen LogP contribution >= 0.6 is 0 Å². The van der Waals surface area contributed by atoms with E-state index < -0.39 is 5.97 Å². The second-order valence-corrected chi connectivity index (χ2v) is 9.60. The van der Waals surface area contributed by atoms with Gasteiger partial charge in [-0.15, -0.1) is 0 Å². The van der Waals surface area contributed by atoms with Crippen molar-refractivity contribution in [1.82, 2.24) is 0 Å². The van der Waals surface area contributed by atoms with Crippen LogP contribution in [0.1, 0.15) is 71.6 Å². The first kappa shape index (κ1) is 15.9. The summed E-state index contributed by atoms with van der Waals surface area (Å²) in [6.45, 7) is 4.77. The van der Waals surface area contributed by atoms with Gasteiger partial charge in [-0.2, -0.15) is 0 Å². The fraction of sp³-hybridized carbons (Fsp3) is 0.950. The molecule has 130 valence electrons. The Hall–Kier alpha value is -0.570. The van der Waals surface area contributed by atoms with E-state index >= 15 is 0 Å². The second kappa shape index (κ2) is 5.21. The molecule has 8 atom stereocenters. The highest BCUT2D eigenvalue weighted by Crippen LogP contribution is 2.67. The molecule has 0 heterocycles. The first-order chi connectivity index (χ1) is 10.9. The Kier molecular flexibility index (Phi) is 3.61. The van der Waals surface area contributed by atoms with E-state index in [4.69, 9.17) is 0 Å². The zero-order valence-corrected chi connectivity index (χ0v) is 14.6. The summed E-state index contributed by atoms with van der Waals surface area (Å²) in [5, 5.41) is 19.7. The lowest BCUT2D eigenvalue weighted by Crippen LogP contribution is -2.54. The Morgan fingerprint density at radius 3 is 2.35 bits per heavy atom. The minimum absolute atomic E-state index is 0.0321. The first-order valence-corrected chi connectivity index (χ1v) is 9.77. The third-order valence-electron chi connectivity index (χ3n) is 8.94. The summed E-state index contributed by atoms with van der Waals surface area (Å²) < 4.78 is 0. The molecular formula is C20H32O3. The second-order valence-electron chi connectivity index (χ2n) is 9.60. The molecular weight excluding hydrogens is 288 g/mol. The number of aliphatic hydroxyl groups excluding tert-OH is 1. The zero-order chi connectivity index (χ0) is 16.4. The molecule has 0 saturated heterocycles. The number of rotatable bonds is 1. The maximum absolute atomic E-state index is 11.7. The van der Waals surface area contributed by atoms with Crippen molar-refractivity contribution >= 4 is 5.97 Å². The first-order valence-electron chi connectivity index (χ1n) is 9.77. The maximum atomic E-state index is 11.7. The van der Waals surface area contributed by atoms with Crippen LogP contribution in [0.25, 0.3) is 0 Å². The van der Waals surface area contributed by atoms with Gasteiger partial charge in [0, 0.05) is 0 Å². The van der Waals surface area contributed by atoms with Gasteiger partial charge in [0.25, 0.3) is 0 Å². The summed E-state index contributed by atoms with van der Waals surface area (Å²) in [5.74, 6) is 2.12. The summed E-state index contributed by atoms with van der Waals surface area (Å²) >= 11 is 0. The molecule has 0 aromatic carbocycles. The van der Waals surface area contributed by atoms with E-state index in [2.05, 4.69) is 13.8 Å². The highest BCUT2D eigenvalue weighted by Gasteiger charge is 2.61. The Bertz CT molecular complexity index is 503. The van der Waals surface area contributed by atoms with Crippen LogP contribution in [0.2, 0.25) is 0 Å². The molecule has 0 aromatic heterocycles. The van der Waals surface area contributed by atoms with Crippen molar-refractivity contribution in [2.45, 2.75) is 77.7 Å². The highest BCUT2D eigenvalue weighted by molar-refractivity contribution is 5.71. The van der Waals surface area contributed by atoms with Gasteiger partial charge in [0.2, 0.25) is 0 Å². The van der Waals surface area contributed by atoms with E-state index in [-0.39, 0.29) is 17.4 Å². The molecule has 4 saturated carbocycles. The minimum atomic E-state index is -0.561. The number of aliphatic carboxylic acids is 1. The van der Waals surface area contributed by atoms with Crippen LogP contribution in [-0.2, 0) is 4.79 Å². The lowest BCUT2D eigenvalue weighted by atomic mass is 9.44. The highest BCUT2D eigenvalue weighted by atomic mass is 16.4. The van der Waals surface area contributed by atoms with Gasteiger partial charge < -0.3 is 10.2 Å². The summed E-state index contributed by atoms with van der Waals surface area (Å²) in [7, 11) is 0. The van der Waals surface area contributed by atoms with Crippen molar-refractivity contribution in [2.75, 3.05) is 0 Å². The van der Waals surface area contributed by atoms with Crippen LogP contribution < -0.4 is 0 Å². The van der Waals surface area contributed by atoms with Crippen molar-refractivity contribution in [1.29, 1.82) is 0 Å². The van der Waals surface area contributed by atoms with Gasteiger partial charge in [0.1, 0.15) is 0 Å². The minimum Gasteiger partial charge on any atom is -0.481 e.